The second-order valence-corrected chi connectivity index (χ2v) is 23.7. The van der Waals surface area contributed by atoms with Crippen LogP contribution in [0.4, 0.5) is 37.7 Å². The minimum absolute atomic E-state index is 0.0267. The molecule has 0 spiro atoms. The van der Waals surface area contributed by atoms with E-state index in [1.807, 2.05) is 0 Å². The zero-order chi connectivity index (χ0) is 54.2. The summed E-state index contributed by atoms with van der Waals surface area (Å²) < 4.78 is 87.0. The normalized spacial score (nSPS) is 27.8. The molecule has 4 aliphatic rings. The second kappa shape index (κ2) is 27.9. The molecule has 0 bridgehead atoms. The third kappa shape index (κ3) is 15.9. The lowest BCUT2D eigenvalue weighted by Gasteiger charge is -2.64. The first-order chi connectivity index (χ1) is 35.8. The summed E-state index contributed by atoms with van der Waals surface area (Å²) in [4.78, 5) is 46.1. The molecule has 418 valence electrons. The summed E-state index contributed by atoms with van der Waals surface area (Å²) in [6.07, 6.45) is 18.8. The molecule has 2 N–H and O–H groups in total. The van der Waals surface area contributed by atoms with Crippen molar-refractivity contribution in [3.05, 3.63) is 70.1 Å². The predicted octanol–water partition coefficient (Wildman–Crippen LogP) is 18.1. The number of unbranched alkanes of at least 4 members (excludes halogenated alkanes) is 17. The minimum Gasteiger partial charge on any atom is -0.466 e. The van der Waals surface area contributed by atoms with Crippen molar-refractivity contribution in [3.63, 3.8) is 0 Å². The summed E-state index contributed by atoms with van der Waals surface area (Å²) in [6.45, 7) is 9.11. The molecular formula is C60H87F6N5O4. The smallest absolute Gasteiger partial charge is 0.416 e. The lowest BCUT2D eigenvalue weighted by Crippen LogP contribution is -2.62. The molecule has 6 rings (SSSR count). The third-order valence-corrected chi connectivity index (χ3v) is 19.0. The number of fused-ring (bicyclic) bond motifs is 5. The quantitative estimate of drug-likeness (QED) is 0.0219. The van der Waals surface area contributed by atoms with Crippen LogP contribution in [0.5, 0.6) is 0 Å². The van der Waals surface area contributed by atoms with Crippen LogP contribution < -0.4 is 10.6 Å². The number of halogens is 6. The number of hydrogen-bond donors (Lipinski definition) is 2. The molecule has 0 unspecified atom stereocenters. The van der Waals surface area contributed by atoms with Crippen LogP contribution in [0.3, 0.4) is 0 Å². The summed E-state index contributed by atoms with van der Waals surface area (Å²) in [5, 5.41) is 10.0. The first kappa shape index (κ1) is 60.0. The van der Waals surface area contributed by atoms with E-state index in [1.165, 1.54) is 121 Å². The van der Waals surface area contributed by atoms with Gasteiger partial charge in [-0.15, -0.1) is 0 Å². The minimum atomic E-state index is -4.55. The van der Waals surface area contributed by atoms with E-state index in [1.54, 1.807) is 0 Å². The van der Waals surface area contributed by atoms with Gasteiger partial charge in [0.25, 0.3) is 0 Å². The number of nitrogens with one attached hydrogen (secondary N) is 2. The van der Waals surface area contributed by atoms with Gasteiger partial charge in [-0.1, -0.05) is 142 Å². The van der Waals surface area contributed by atoms with Crippen molar-refractivity contribution in [1.82, 2.24) is 0 Å². The van der Waals surface area contributed by atoms with Gasteiger partial charge in [0.05, 0.1) is 17.7 Å². The molecule has 4 aliphatic carbocycles. The van der Waals surface area contributed by atoms with Crippen LogP contribution in [-0.4, -0.2) is 30.4 Å². The van der Waals surface area contributed by atoms with Crippen molar-refractivity contribution >= 4 is 29.2 Å². The Morgan fingerprint density at radius 3 is 1.67 bits per heavy atom. The maximum absolute atomic E-state index is 15.0. The Morgan fingerprint density at radius 1 is 0.680 bits per heavy atom. The molecular weight excluding hydrogens is 969 g/mol. The highest BCUT2D eigenvalue weighted by Gasteiger charge is 2.68. The molecule has 0 aliphatic heterocycles. The lowest BCUT2D eigenvalue weighted by atomic mass is 9.40. The number of azide groups is 1. The number of benzene rings is 2. The number of alkyl halides is 6. The van der Waals surface area contributed by atoms with Gasteiger partial charge in [-0.05, 0) is 158 Å². The van der Waals surface area contributed by atoms with Crippen molar-refractivity contribution in [3.8, 4) is 0 Å². The molecule has 15 heteroatoms. The Morgan fingerprint density at radius 2 is 1.17 bits per heavy atom. The van der Waals surface area contributed by atoms with Crippen molar-refractivity contribution in [2.24, 2.45) is 63.3 Å². The van der Waals surface area contributed by atoms with Crippen LogP contribution in [0.15, 0.2) is 53.6 Å². The first-order valence-electron chi connectivity index (χ1n) is 29.0. The fourth-order valence-electron chi connectivity index (χ4n) is 14.8. The Kier molecular flexibility index (Phi) is 22.3. The fraction of sp³-hybridized carbons (Fsp3) is 0.750. The molecule has 0 saturated heterocycles. The summed E-state index contributed by atoms with van der Waals surface area (Å²) >= 11 is 0. The van der Waals surface area contributed by atoms with E-state index in [4.69, 9.17) is 4.74 Å². The number of ether oxygens (including phenoxy) is 1. The van der Waals surface area contributed by atoms with Crippen molar-refractivity contribution < 1.29 is 45.5 Å². The number of amides is 2. The molecule has 4 fully saturated rings. The topological polar surface area (TPSA) is 133 Å². The number of anilines is 2. The van der Waals surface area contributed by atoms with Gasteiger partial charge in [0.15, 0.2) is 0 Å². The van der Waals surface area contributed by atoms with Gasteiger partial charge < -0.3 is 15.4 Å². The van der Waals surface area contributed by atoms with Crippen LogP contribution in [0.1, 0.15) is 212 Å². The number of carbonyl (C=O) groups is 3. The Hall–Kier alpha value is -4.26. The number of nitrogens with zero attached hydrogens (tertiary/aromatic N) is 3. The fourth-order valence-corrected chi connectivity index (χ4v) is 14.8. The predicted molar refractivity (Wildman–Crippen MR) is 284 cm³/mol. The van der Waals surface area contributed by atoms with Crippen LogP contribution in [-0.2, 0) is 31.5 Å². The van der Waals surface area contributed by atoms with Gasteiger partial charge in [0, 0.05) is 40.6 Å². The van der Waals surface area contributed by atoms with Crippen molar-refractivity contribution in [2.45, 2.75) is 219 Å². The molecule has 2 aromatic carbocycles. The molecule has 0 radical (unpaired) electrons. The maximum Gasteiger partial charge on any atom is 0.416 e. The van der Waals surface area contributed by atoms with Crippen LogP contribution in [0.25, 0.3) is 10.4 Å². The van der Waals surface area contributed by atoms with E-state index >= 15 is 0 Å². The number of esters is 1. The SMILES string of the molecule is CCCCCCCCCCCCCCCCCCCCOC(=O)CC[C@@H](C)[C@H]1CC[C@H]2[C@@H]3[C@H](C(=O)Nc4ccc(C(F)(F)F)cc4)C[C@@H]4C[C@H](N=[N+]=[N-])CC[C@]4(C)[C@H]3C[C@H](C(=O)Nc3ccc(C(F)(F)F)cc3)[C@]12C. The molecule has 2 aromatic rings. The molecule has 4 saturated carbocycles. The number of hydrogen-bond acceptors (Lipinski definition) is 5. The van der Waals surface area contributed by atoms with E-state index in [0.717, 1.165) is 49.9 Å². The standard InChI is InChI=1S/C60H87F6N5O4/c1-5-6-7-8-9-10-11-12-13-14-15-16-17-18-19-20-21-22-37-75-53(72)34-23-41(2)49-32-33-50-54-48(55(73)68-45-28-24-42(25-29-45)59(61,62)63)39-44-38-47(70-71-67)35-36-57(44,3)51(54)40-52(58(49,50)4)56(74)69-46-30-26-43(27-31-46)60(64,65)66/h24-31,41,44,47-52,54H,5-23,32-40H2,1-4H3,(H,68,73)(H,69,74)/t41-,44+,47-,48-,49-,50+,51+,52-,54+,57+,58-/m1/s1. The van der Waals surface area contributed by atoms with Crippen molar-refractivity contribution in [2.75, 3.05) is 17.2 Å². The van der Waals surface area contributed by atoms with E-state index in [9.17, 15) is 46.3 Å². The summed E-state index contributed by atoms with van der Waals surface area (Å²) in [7, 11) is 0. The Balaban J connectivity index is 1.09. The van der Waals surface area contributed by atoms with Gasteiger partial charge in [0.1, 0.15) is 0 Å². The van der Waals surface area contributed by atoms with Gasteiger partial charge in [-0.25, -0.2) is 0 Å². The average Bonchev–Trinajstić information content (AvgIpc) is 3.73. The molecule has 2 amide bonds. The van der Waals surface area contributed by atoms with Crippen LogP contribution in [0, 0.1) is 58.2 Å². The molecule has 0 heterocycles. The summed E-state index contributed by atoms with van der Waals surface area (Å²) in [5.74, 6) is -2.72. The zero-order valence-corrected chi connectivity index (χ0v) is 45.4. The summed E-state index contributed by atoms with van der Waals surface area (Å²) in [6, 6.07) is 8.57. The lowest BCUT2D eigenvalue weighted by molar-refractivity contribution is -0.175. The van der Waals surface area contributed by atoms with Crippen molar-refractivity contribution in [1.29, 1.82) is 0 Å². The Labute approximate surface area is 443 Å². The third-order valence-electron chi connectivity index (χ3n) is 19.0. The summed E-state index contributed by atoms with van der Waals surface area (Å²) in [5.41, 5.74) is 7.18. The van der Waals surface area contributed by atoms with E-state index in [-0.39, 0.29) is 82.5 Å². The van der Waals surface area contributed by atoms with E-state index < -0.39 is 40.7 Å². The highest BCUT2D eigenvalue weighted by atomic mass is 19.4. The van der Waals surface area contributed by atoms with Crippen LogP contribution >= 0.6 is 0 Å². The molecule has 9 nitrogen and oxygen atoms in total. The van der Waals surface area contributed by atoms with Gasteiger partial charge in [-0.2, -0.15) is 26.3 Å². The van der Waals surface area contributed by atoms with Crippen LogP contribution in [0.2, 0.25) is 0 Å². The van der Waals surface area contributed by atoms with Gasteiger partial charge in [-0.3, -0.25) is 14.4 Å². The zero-order valence-electron chi connectivity index (χ0n) is 45.4. The highest BCUT2D eigenvalue weighted by Crippen LogP contribution is 2.71. The molecule has 0 aromatic heterocycles. The molecule has 75 heavy (non-hydrogen) atoms. The van der Waals surface area contributed by atoms with E-state index in [2.05, 4.69) is 48.4 Å². The maximum atomic E-state index is 15.0. The largest absolute Gasteiger partial charge is 0.466 e. The first-order valence-corrected chi connectivity index (χ1v) is 29.0. The van der Waals surface area contributed by atoms with Gasteiger partial charge >= 0.3 is 18.3 Å². The Bertz CT molecular complexity index is 2160. The van der Waals surface area contributed by atoms with E-state index in [0.29, 0.717) is 51.6 Å². The number of rotatable bonds is 28. The van der Waals surface area contributed by atoms with Gasteiger partial charge in [0.2, 0.25) is 11.8 Å². The highest BCUT2D eigenvalue weighted by molar-refractivity contribution is 5.94. The number of carbonyl (C=O) groups excluding carboxylic acids is 3. The monoisotopic (exact) mass is 1060 g/mol. The molecule has 11 atom stereocenters. The average molecular weight is 1060 g/mol. The second-order valence-electron chi connectivity index (χ2n) is 23.7.